The number of esters is 1. The molecule has 46 heavy (non-hydrogen) atoms. The molecule has 9 heteroatoms. The lowest BCUT2D eigenvalue weighted by atomic mass is 9.72. The second-order valence-electron chi connectivity index (χ2n) is 15.3. The van der Waals surface area contributed by atoms with Crippen LogP contribution in [0.5, 0.6) is 0 Å². The fourth-order valence-corrected chi connectivity index (χ4v) is 8.54. The first kappa shape index (κ1) is 38.5. The minimum absolute atomic E-state index is 0.0531. The molecule has 0 heterocycles. The molecule has 0 bridgehead atoms. The lowest BCUT2D eigenvalue weighted by Gasteiger charge is -2.43. The highest BCUT2D eigenvalue weighted by Gasteiger charge is 2.40. The Morgan fingerprint density at radius 1 is 1.11 bits per heavy atom. The van der Waals surface area contributed by atoms with Gasteiger partial charge in [-0.25, -0.2) is 0 Å². The third-order valence-corrected chi connectivity index (χ3v) is 11.8. The molecule has 4 N–H and O–H groups in total. The van der Waals surface area contributed by atoms with E-state index in [2.05, 4.69) is 52.2 Å². The van der Waals surface area contributed by atoms with Crippen molar-refractivity contribution < 1.29 is 23.5 Å². The summed E-state index contributed by atoms with van der Waals surface area (Å²) < 4.78 is 31.6. The number of carbonyl (C=O) groups is 1. The van der Waals surface area contributed by atoms with E-state index in [0.29, 0.717) is 50.4 Å². The van der Waals surface area contributed by atoms with Crippen LogP contribution in [0, 0.1) is 25.7 Å². The first-order valence-electron chi connectivity index (χ1n) is 17.2. The Morgan fingerprint density at radius 3 is 2.20 bits per heavy atom. The topological polar surface area (TPSA) is 96.9 Å². The molecule has 0 aliphatic heterocycles. The molecule has 3 rings (SSSR count). The van der Waals surface area contributed by atoms with Crippen molar-refractivity contribution in [2.45, 2.75) is 148 Å². The number of thioether (sulfide) groups is 1. The quantitative estimate of drug-likeness (QED) is 0.0893. The number of amidine groups is 1. The molecule has 6 nitrogen and oxygen atoms in total. The first-order chi connectivity index (χ1) is 21.5. The Labute approximate surface area is 280 Å². The summed E-state index contributed by atoms with van der Waals surface area (Å²) in [5, 5.41) is 9.92. The number of aryl methyl sites for hydroxylation is 2. The first-order valence-corrected chi connectivity index (χ1v) is 18.2. The molecular formula is C37H59F2N3O3S. The average molecular weight is 664 g/mol. The van der Waals surface area contributed by atoms with Crippen LogP contribution >= 0.6 is 11.8 Å². The molecule has 0 radical (unpaired) electrons. The van der Waals surface area contributed by atoms with E-state index in [1.165, 1.54) is 22.3 Å². The van der Waals surface area contributed by atoms with Crippen LogP contribution in [0.2, 0.25) is 0 Å². The molecule has 2 aliphatic carbocycles. The fourth-order valence-electron chi connectivity index (χ4n) is 7.24. The van der Waals surface area contributed by atoms with Gasteiger partial charge in [0.25, 0.3) is 6.08 Å². The van der Waals surface area contributed by atoms with Crippen LogP contribution in [-0.4, -0.2) is 45.2 Å². The van der Waals surface area contributed by atoms with Crippen molar-refractivity contribution in [3.63, 3.8) is 0 Å². The number of hydroxylamine groups is 1. The minimum atomic E-state index is -1.56. The highest BCUT2D eigenvalue weighted by molar-refractivity contribution is 8.00. The standard InChI is InChI=1S/C37H59F2N3O3S/c1-24(9-14-32(43)45-35(4,5)6)29-21-25(2)31(26(3)22-29)17-20-46-36(7,8)30-15-18-37(23-40,19-16-30)41-34(42-44)28-12-10-27(11-13-28)33(38)39/h21-22,24,28,30,44H,9-20,23,40H2,1-8H3,(H,41,42). The van der Waals surface area contributed by atoms with Crippen LogP contribution in [0.15, 0.2) is 28.8 Å². The normalized spacial score (nSPS) is 23.7. The predicted molar refractivity (Wildman–Crippen MR) is 187 cm³/mol. The van der Waals surface area contributed by atoms with Crippen molar-refractivity contribution in [3.05, 3.63) is 46.0 Å². The number of aliphatic imine (C=N–C) groups is 1. The number of halogens is 2. The summed E-state index contributed by atoms with van der Waals surface area (Å²) in [5.74, 6) is 2.16. The Morgan fingerprint density at radius 2 is 1.70 bits per heavy atom. The van der Waals surface area contributed by atoms with Crippen molar-refractivity contribution in [1.29, 1.82) is 0 Å². The summed E-state index contributed by atoms with van der Waals surface area (Å²) in [4.78, 5) is 17.2. The van der Waals surface area contributed by atoms with Crippen molar-refractivity contribution in [3.8, 4) is 0 Å². The third-order valence-electron chi connectivity index (χ3n) is 10.3. The molecule has 1 atom stereocenters. The van der Waals surface area contributed by atoms with E-state index in [0.717, 1.165) is 44.3 Å². The smallest absolute Gasteiger partial charge is 0.306 e. The van der Waals surface area contributed by atoms with Gasteiger partial charge in [0.1, 0.15) is 11.4 Å². The molecule has 0 spiro atoms. The molecule has 1 aromatic rings. The zero-order valence-electron chi connectivity index (χ0n) is 29.5. The molecule has 260 valence electrons. The number of rotatable bonds is 12. The molecule has 0 saturated heterocycles. The highest BCUT2D eigenvalue weighted by atomic mass is 32.2. The second kappa shape index (κ2) is 16.4. The van der Waals surface area contributed by atoms with E-state index in [1.54, 1.807) is 0 Å². The Bertz CT molecular complexity index is 1210. The van der Waals surface area contributed by atoms with Crippen molar-refractivity contribution in [2.75, 3.05) is 12.3 Å². The van der Waals surface area contributed by atoms with Crippen molar-refractivity contribution >= 4 is 23.6 Å². The SMILES string of the molecule is Cc1cc(C(C)CCC(=O)OC(C)(C)C)cc(C)c1CCSC(C)(C)C1CCC(CN)(N=C(NO)C2CCC(=C(F)F)CC2)CC1. The van der Waals surface area contributed by atoms with Crippen LogP contribution in [-0.2, 0) is 16.0 Å². The van der Waals surface area contributed by atoms with E-state index in [4.69, 9.17) is 15.5 Å². The summed E-state index contributed by atoms with van der Waals surface area (Å²) in [7, 11) is 0. The van der Waals surface area contributed by atoms with Crippen LogP contribution in [0.25, 0.3) is 0 Å². The molecule has 2 aliphatic rings. The second-order valence-corrected chi connectivity index (χ2v) is 17.1. The fraction of sp³-hybridized carbons (Fsp3) is 0.730. The van der Waals surface area contributed by atoms with Crippen LogP contribution < -0.4 is 11.2 Å². The summed E-state index contributed by atoms with van der Waals surface area (Å²) in [6.07, 6.45) is 6.17. The van der Waals surface area contributed by atoms with Crippen LogP contribution in [0.1, 0.15) is 134 Å². The van der Waals surface area contributed by atoms with Gasteiger partial charge in [-0.15, -0.1) is 0 Å². The number of carbonyl (C=O) groups excluding carboxylic acids is 1. The molecule has 0 aromatic heterocycles. The third kappa shape index (κ3) is 10.8. The Hall–Kier alpha value is -1.97. The lowest BCUT2D eigenvalue weighted by Crippen LogP contribution is -2.45. The molecule has 0 amide bonds. The summed E-state index contributed by atoms with van der Waals surface area (Å²) >= 11 is 2.04. The van der Waals surface area contributed by atoms with Gasteiger partial charge in [0.15, 0.2) is 0 Å². The van der Waals surface area contributed by atoms with Crippen molar-refractivity contribution in [1.82, 2.24) is 5.48 Å². The van der Waals surface area contributed by atoms with Gasteiger partial charge in [-0.05, 0) is 144 Å². The molecule has 1 unspecified atom stereocenters. The maximum atomic E-state index is 13.0. The summed E-state index contributed by atoms with van der Waals surface area (Å²) in [6.45, 7) is 17.4. The Kier molecular flexibility index (Phi) is 13.7. The summed E-state index contributed by atoms with van der Waals surface area (Å²) in [6, 6.07) is 4.59. The summed E-state index contributed by atoms with van der Waals surface area (Å²) in [5.41, 5.74) is 13.3. The van der Waals surface area contributed by atoms with Gasteiger partial charge in [-0.1, -0.05) is 32.9 Å². The average Bonchev–Trinajstić information content (AvgIpc) is 2.99. The van der Waals surface area contributed by atoms with Gasteiger partial charge in [0.2, 0.25) is 0 Å². The van der Waals surface area contributed by atoms with Gasteiger partial charge >= 0.3 is 5.97 Å². The van der Waals surface area contributed by atoms with Gasteiger partial charge in [-0.2, -0.15) is 20.5 Å². The van der Waals surface area contributed by atoms with E-state index in [1.807, 2.05) is 32.5 Å². The van der Waals surface area contributed by atoms with E-state index < -0.39 is 17.2 Å². The molecule has 2 saturated carbocycles. The maximum Gasteiger partial charge on any atom is 0.306 e. The number of hydrogen-bond donors (Lipinski definition) is 3. The van der Waals surface area contributed by atoms with Gasteiger partial charge in [0.05, 0.1) is 5.54 Å². The number of ether oxygens (including phenoxy) is 1. The Balaban J connectivity index is 1.54. The maximum absolute atomic E-state index is 13.0. The van der Waals surface area contributed by atoms with Crippen LogP contribution in [0.4, 0.5) is 8.78 Å². The number of hydrogen-bond acceptors (Lipinski definition) is 6. The number of benzene rings is 1. The molecule has 2 fully saturated rings. The zero-order valence-corrected chi connectivity index (χ0v) is 30.3. The highest BCUT2D eigenvalue weighted by Crippen LogP contribution is 2.45. The van der Waals surface area contributed by atoms with Gasteiger partial charge in [0, 0.05) is 23.6 Å². The van der Waals surface area contributed by atoms with Crippen LogP contribution in [0.3, 0.4) is 0 Å². The van der Waals surface area contributed by atoms with E-state index in [-0.39, 0.29) is 28.1 Å². The van der Waals surface area contributed by atoms with E-state index in [9.17, 15) is 18.8 Å². The van der Waals surface area contributed by atoms with Crippen molar-refractivity contribution in [2.24, 2.45) is 22.6 Å². The zero-order chi connectivity index (χ0) is 34.3. The number of allylic oxidation sites excluding steroid dienone is 1. The van der Waals surface area contributed by atoms with Gasteiger partial charge in [-0.3, -0.25) is 20.5 Å². The lowest BCUT2D eigenvalue weighted by molar-refractivity contribution is -0.155. The number of nitrogens with zero attached hydrogens (tertiary/aromatic N) is 1. The minimum Gasteiger partial charge on any atom is -0.460 e. The monoisotopic (exact) mass is 663 g/mol. The predicted octanol–water partition coefficient (Wildman–Crippen LogP) is 9.19. The molecular weight excluding hydrogens is 604 g/mol. The number of nitrogens with one attached hydrogen (secondary N) is 1. The van der Waals surface area contributed by atoms with Gasteiger partial charge < -0.3 is 10.5 Å². The largest absolute Gasteiger partial charge is 0.460 e. The number of nitrogens with two attached hydrogens (primary N) is 1. The molecule has 1 aromatic carbocycles. The van der Waals surface area contributed by atoms with E-state index >= 15 is 0 Å².